The normalized spacial score (nSPS) is 11.7. The Morgan fingerprint density at radius 3 is 2.33 bits per heavy atom. The molecule has 27 heavy (non-hydrogen) atoms. The summed E-state index contributed by atoms with van der Waals surface area (Å²) in [6, 6.07) is 9.15. The highest BCUT2D eigenvalue weighted by atomic mass is 32.2. The van der Waals surface area contributed by atoms with Crippen LogP contribution in [0.5, 0.6) is 0 Å². The molecule has 0 saturated heterocycles. The van der Waals surface area contributed by atoms with Crippen LogP contribution in [0.15, 0.2) is 58.5 Å². The monoisotopic (exact) mass is 391 g/mol. The van der Waals surface area contributed by atoms with Gasteiger partial charge in [-0.25, -0.2) is 13.6 Å². The molecular weight excluding hydrogens is 378 g/mol. The first-order chi connectivity index (χ1) is 12.7. The molecule has 2 aromatic carbocycles. The molecule has 140 valence electrons. The number of benzene rings is 2. The van der Waals surface area contributed by atoms with Gasteiger partial charge in [-0.05, 0) is 30.4 Å². The number of sulfonamides is 1. The Morgan fingerprint density at radius 2 is 1.70 bits per heavy atom. The molecule has 2 rings (SSSR count). The molecule has 0 aliphatic carbocycles. The van der Waals surface area contributed by atoms with Crippen LogP contribution in [-0.2, 0) is 10.0 Å². The molecule has 0 aromatic heterocycles. The molecule has 0 amide bonds. The molecule has 0 aliphatic rings. The largest absolute Gasteiger partial charge is 0.295 e. The SMILES string of the molecule is NS(=O)(=O)c1ccc(N/N=C\C=C\c2ccccc2[N+](=O)[O-])c([N+](=O)[O-])c1. The molecule has 3 N–H and O–H groups in total. The molecule has 2 aromatic rings. The Balaban J connectivity index is 2.17. The predicted octanol–water partition coefficient (Wildman–Crippen LogP) is 2.26. The average Bonchev–Trinajstić information content (AvgIpc) is 2.60. The van der Waals surface area contributed by atoms with Gasteiger partial charge in [0.15, 0.2) is 0 Å². The number of rotatable bonds is 7. The number of nitro benzene ring substituents is 2. The Morgan fingerprint density at radius 1 is 1.04 bits per heavy atom. The molecule has 12 heteroatoms. The number of nitrogens with one attached hydrogen (secondary N) is 1. The quantitative estimate of drug-likeness (QED) is 0.414. The van der Waals surface area contributed by atoms with Gasteiger partial charge in [0.05, 0.1) is 20.3 Å². The molecule has 0 heterocycles. The second kappa shape index (κ2) is 8.16. The van der Waals surface area contributed by atoms with E-state index in [0.29, 0.717) is 5.56 Å². The number of hydrazone groups is 1. The van der Waals surface area contributed by atoms with Crippen molar-refractivity contribution < 1.29 is 18.3 Å². The maximum atomic E-state index is 11.3. The van der Waals surface area contributed by atoms with E-state index in [1.807, 2.05) is 0 Å². The lowest BCUT2D eigenvalue weighted by Crippen LogP contribution is -2.12. The summed E-state index contributed by atoms with van der Waals surface area (Å²) in [5.74, 6) is 0. The van der Waals surface area contributed by atoms with Gasteiger partial charge < -0.3 is 0 Å². The number of hydrogen-bond donors (Lipinski definition) is 2. The summed E-state index contributed by atoms with van der Waals surface area (Å²) >= 11 is 0. The lowest BCUT2D eigenvalue weighted by molar-refractivity contribution is -0.385. The summed E-state index contributed by atoms with van der Waals surface area (Å²) in [7, 11) is -4.08. The first kappa shape index (κ1) is 19.7. The van der Waals surface area contributed by atoms with Crippen LogP contribution in [0.2, 0.25) is 0 Å². The highest BCUT2D eigenvalue weighted by Gasteiger charge is 2.18. The van der Waals surface area contributed by atoms with Crippen LogP contribution < -0.4 is 10.6 Å². The van der Waals surface area contributed by atoms with E-state index >= 15 is 0 Å². The Labute approximate surface area is 153 Å². The van der Waals surface area contributed by atoms with Crippen LogP contribution in [0.25, 0.3) is 6.08 Å². The van der Waals surface area contributed by atoms with E-state index < -0.39 is 30.5 Å². The summed E-state index contributed by atoms with van der Waals surface area (Å²) in [5.41, 5.74) is 2.10. The van der Waals surface area contributed by atoms with Gasteiger partial charge in [0, 0.05) is 18.3 Å². The molecule has 11 nitrogen and oxygen atoms in total. The minimum atomic E-state index is -4.08. The summed E-state index contributed by atoms with van der Waals surface area (Å²) in [6.45, 7) is 0. The van der Waals surface area contributed by atoms with E-state index in [4.69, 9.17) is 5.14 Å². The summed E-state index contributed by atoms with van der Waals surface area (Å²) in [6.07, 6.45) is 4.08. The van der Waals surface area contributed by atoms with Gasteiger partial charge in [-0.15, -0.1) is 0 Å². The topological polar surface area (TPSA) is 171 Å². The van der Waals surface area contributed by atoms with Gasteiger partial charge in [0.2, 0.25) is 10.0 Å². The van der Waals surface area contributed by atoms with Crippen molar-refractivity contribution in [3.63, 3.8) is 0 Å². The fraction of sp³-hybridized carbons (Fsp3) is 0. The second-order valence-electron chi connectivity index (χ2n) is 5.05. The number of nitrogens with two attached hydrogens (primary N) is 1. The van der Waals surface area contributed by atoms with Crippen molar-refractivity contribution in [2.45, 2.75) is 4.90 Å². The first-order valence-corrected chi connectivity index (χ1v) is 8.75. The molecule has 0 radical (unpaired) electrons. The van der Waals surface area contributed by atoms with Crippen molar-refractivity contribution in [1.82, 2.24) is 0 Å². The minimum absolute atomic E-state index is 0.0530. The van der Waals surface area contributed by atoms with Gasteiger partial charge in [0.1, 0.15) is 5.69 Å². The van der Waals surface area contributed by atoms with Crippen LogP contribution >= 0.6 is 0 Å². The highest BCUT2D eigenvalue weighted by molar-refractivity contribution is 7.89. The van der Waals surface area contributed by atoms with E-state index in [-0.39, 0.29) is 11.4 Å². The van der Waals surface area contributed by atoms with Crippen molar-refractivity contribution in [1.29, 1.82) is 0 Å². The van der Waals surface area contributed by atoms with Crippen LogP contribution in [-0.4, -0.2) is 24.5 Å². The standard InChI is InChI=1S/C15H13N5O6S/c16-27(25,26)12-7-8-13(15(10-12)20(23)24)18-17-9-3-5-11-4-1-2-6-14(11)19(21)22/h1-10,18H,(H2,16,25,26)/b5-3+,17-9-. The van der Waals surface area contributed by atoms with E-state index in [1.54, 1.807) is 12.1 Å². The van der Waals surface area contributed by atoms with Crippen LogP contribution in [0.1, 0.15) is 5.56 Å². The van der Waals surface area contributed by atoms with Gasteiger partial charge >= 0.3 is 0 Å². The number of nitro groups is 2. The van der Waals surface area contributed by atoms with E-state index in [2.05, 4.69) is 10.5 Å². The molecule has 0 fully saturated rings. The number of nitrogens with zero attached hydrogens (tertiary/aromatic N) is 3. The third kappa shape index (κ3) is 5.17. The maximum absolute atomic E-state index is 11.3. The second-order valence-corrected chi connectivity index (χ2v) is 6.61. The van der Waals surface area contributed by atoms with Crippen LogP contribution in [0.4, 0.5) is 17.1 Å². The number of hydrogen-bond acceptors (Lipinski definition) is 8. The zero-order valence-corrected chi connectivity index (χ0v) is 14.4. The number of anilines is 1. The van der Waals surface area contributed by atoms with Crippen LogP contribution in [0.3, 0.4) is 0 Å². The fourth-order valence-corrected chi connectivity index (χ4v) is 2.56. The van der Waals surface area contributed by atoms with E-state index in [0.717, 1.165) is 18.2 Å². The van der Waals surface area contributed by atoms with Crippen molar-refractivity contribution in [3.8, 4) is 0 Å². The number of allylic oxidation sites excluding steroid dienone is 1. The van der Waals surface area contributed by atoms with E-state index in [9.17, 15) is 28.6 Å². The van der Waals surface area contributed by atoms with E-state index in [1.165, 1.54) is 30.5 Å². The van der Waals surface area contributed by atoms with Gasteiger partial charge in [0.25, 0.3) is 11.4 Å². The molecular formula is C15H13N5O6S. The Bertz CT molecular complexity index is 1050. The van der Waals surface area contributed by atoms with Gasteiger partial charge in [-0.2, -0.15) is 5.10 Å². The third-order valence-electron chi connectivity index (χ3n) is 3.25. The summed E-state index contributed by atoms with van der Waals surface area (Å²) in [4.78, 5) is 20.3. The summed E-state index contributed by atoms with van der Waals surface area (Å²) < 4.78 is 22.6. The zero-order valence-electron chi connectivity index (χ0n) is 13.6. The zero-order chi connectivity index (χ0) is 20.0. The number of para-hydroxylation sites is 1. The maximum Gasteiger partial charge on any atom is 0.295 e. The fourth-order valence-electron chi connectivity index (χ4n) is 2.03. The van der Waals surface area contributed by atoms with Crippen molar-refractivity contribution >= 4 is 39.4 Å². The molecule has 0 bridgehead atoms. The molecule has 0 atom stereocenters. The van der Waals surface area contributed by atoms with Crippen LogP contribution in [0, 0.1) is 20.2 Å². The van der Waals surface area contributed by atoms with Crippen molar-refractivity contribution in [2.75, 3.05) is 5.43 Å². The first-order valence-electron chi connectivity index (χ1n) is 7.20. The molecule has 0 spiro atoms. The lowest BCUT2D eigenvalue weighted by Gasteiger charge is -2.03. The van der Waals surface area contributed by atoms with Crippen molar-refractivity contribution in [2.24, 2.45) is 10.2 Å². The molecule has 0 unspecified atom stereocenters. The average molecular weight is 391 g/mol. The molecule has 0 aliphatic heterocycles. The summed E-state index contributed by atoms with van der Waals surface area (Å²) in [5, 5.41) is 30.7. The smallest absolute Gasteiger partial charge is 0.272 e. The van der Waals surface area contributed by atoms with Crippen molar-refractivity contribution in [3.05, 3.63) is 74.3 Å². The third-order valence-corrected chi connectivity index (χ3v) is 4.16. The number of primary sulfonamides is 1. The molecule has 0 saturated carbocycles. The van der Waals surface area contributed by atoms with Gasteiger partial charge in [-0.1, -0.05) is 12.1 Å². The van der Waals surface area contributed by atoms with Gasteiger partial charge in [-0.3, -0.25) is 25.7 Å². The highest BCUT2D eigenvalue weighted by Crippen LogP contribution is 2.27. The Kier molecular flexibility index (Phi) is 5.95. The lowest BCUT2D eigenvalue weighted by atomic mass is 10.2. The minimum Gasteiger partial charge on any atom is -0.272 e. The predicted molar refractivity (Wildman–Crippen MR) is 98.7 cm³/mol. The Hall–Kier alpha value is -3.64.